The van der Waals surface area contributed by atoms with Gasteiger partial charge in [-0.2, -0.15) is 0 Å². The van der Waals surface area contributed by atoms with Crippen LogP contribution >= 0.6 is 0 Å². The first kappa shape index (κ1) is 11.3. The van der Waals surface area contributed by atoms with Gasteiger partial charge in [0.15, 0.2) is 0 Å². The van der Waals surface area contributed by atoms with Crippen LogP contribution in [0.4, 0.5) is 5.82 Å². The minimum atomic E-state index is 0.796. The van der Waals surface area contributed by atoms with Gasteiger partial charge in [-0.05, 0) is 11.8 Å². The third-order valence-electron chi connectivity index (χ3n) is 3.41. The lowest BCUT2D eigenvalue weighted by Gasteiger charge is -2.14. The average molecular weight is 220 g/mol. The number of hydrogen-bond donors (Lipinski definition) is 1. The zero-order valence-electron chi connectivity index (χ0n) is 10.3. The van der Waals surface area contributed by atoms with Gasteiger partial charge >= 0.3 is 0 Å². The van der Waals surface area contributed by atoms with E-state index in [1.165, 1.54) is 13.1 Å². The van der Waals surface area contributed by atoms with Gasteiger partial charge < -0.3 is 5.32 Å². The maximum absolute atomic E-state index is 4.40. The minimum absolute atomic E-state index is 0.796. The van der Waals surface area contributed by atoms with Gasteiger partial charge in [-0.3, -0.25) is 9.88 Å². The molecule has 1 aliphatic rings. The van der Waals surface area contributed by atoms with Crippen molar-refractivity contribution in [2.75, 3.05) is 25.5 Å². The summed E-state index contributed by atoms with van der Waals surface area (Å²) in [5.74, 6) is 2.42. The van der Waals surface area contributed by atoms with Crippen LogP contribution in [-0.4, -0.2) is 35.0 Å². The van der Waals surface area contributed by atoms with E-state index >= 15 is 0 Å². The van der Waals surface area contributed by atoms with E-state index in [2.05, 4.69) is 34.0 Å². The van der Waals surface area contributed by atoms with Crippen LogP contribution < -0.4 is 5.32 Å². The topological polar surface area (TPSA) is 41.1 Å². The van der Waals surface area contributed by atoms with Crippen molar-refractivity contribution in [1.82, 2.24) is 14.9 Å². The lowest BCUT2D eigenvalue weighted by atomic mass is 10.0. The molecule has 2 unspecified atom stereocenters. The first-order valence-corrected chi connectivity index (χ1v) is 5.90. The van der Waals surface area contributed by atoms with Crippen molar-refractivity contribution in [2.45, 2.75) is 20.4 Å². The zero-order valence-corrected chi connectivity index (χ0v) is 10.3. The molecule has 0 radical (unpaired) electrons. The molecule has 0 spiro atoms. The van der Waals surface area contributed by atoms with Gasteiger partial charge in [-0.25, -0.2) is 4.98 Å². The molecule has 88 valence electrons. The lowest BCUT2D eigenvalue weighted by Crippen LogP contribution is -2.20. The van der Waals surface area contributed by atoms with Gasteiger partial charge in [0.05, 0.1) is 18.1 Å². The molecular weight excluding hydrogens is 200 g/mol. The predicted octanol–water partition coefficient (Wildman–Crippen LogP) is 1.61. The molecule has 0 aromatic carbocycles. The molecule has 1 aromatic rings. The average Bonchev–Trinajstić information content (AvgIpc) is 2.59. The summed E-state index contributed by atoms with van der Waals surface area (Å²) in [5, 5.41) is 2.97. The standard InChI is InChI=1S/C12H20N4/c1-9-6-16(7-10(9)2)8-11-4-15-12(13-3)5-14-11/h4-5,9-10H,6-8H2,1-3H3,(H,13,15). The van der Waals surface area contributed by atoms with Crippen molar-refractivity contribution in [1.29, 1.82) is 0 Å². The van der Waals surface area contributed by atoms with E-state index in [1.807, 2.05) is 13.2 Å². The highest BCUT2D eigenvalue weighted by Crippen LogP contribution is 2.23. The summed E-state index contributed by atoms with van der Waals surface area (Å²) in [4.78, 5) is 11.1. The number of hydrogen-bond acceptors (Lipinski definition) is 4. The predicted molar refractivity (Wildman–Crippen MR) is 65.2 cm³/mol. The Bertz CT molecular complexity index is 325. The van der Waals surface area contributed by atoms with Crippen LogP contribution in [0.15, 0.2) is 12.4 Å². The quantitative estimate of drug-likeness (QED) is 0.840. The summed E-state index contributed by atoms with van der Waals surface area (Å²) >= 11 is 0. The number of nitrogens with zero attached hydrogens (tertiary/aromatic N) is 3. The molecule has 1 N–H and O–H groups in total. The lowest BCUT2D eigenvalue weighted by molar-refractivity contribution is 0.312. The van der Waals surface area contributed by atoms with Crippen LogP contribution in [0, 0.1) is 11.8 Å². The number of rotatable bonds is 3. The van der Waals surface area contributed by atoms with Gasteiger partial charge in [0, 0.05) is 26.7 Å². The molecule has 0 aliphatic carbocycles. The van der Waals surface area contributed by atoms with Crippen LogP contribution in [0.5, 0.6) is 0 Å². The van der Waals surface area contributed by atoms with Gasteiger partial charge in [0.1, 0.15) is 5.82 Å². The first-order valence-electron chi connectivity index (χ1n) is 5.90. The van der Waals surface area contributed by atoms with Crippen LogP contribution in [0.2, 0.25) is 0 Å². The van der Waals surface area contributed by atoms with E-state index in [-0.39, 0.29) is 0 Å². The van der Waals surface area contributed by atoms with Crippen LogP contribution in [0.3, 0.4) is 0 Å². The molecule has 4 heteroatoms. The fraction of sp³-hybridized carbons (Fsp3) is 0.667. The van der Waals surface area contributed by atoms with Crippen molar-refractivity contribution < 1.29 is 0 Å². The number of likely N-dealkylation sites (tertiary alicyclic amines) is 1. The smallest absolute Gasteiger partial charge is 0.144 e. The van der Waals surface area contributed by atoms with Gasteiger partial charge in [-0.15, -0.1) is 0 Å². The van der Waals surface area contributed by atoms with Gasteiger partial charge in [0.2, 0.25) is 0 Å². The third-order valence-corrected chi connectivity index (χ3v) is 3.41. The number of aromatic nitrogens is 2. The van der Waals surface area contributed by atoms with Crippen LogP contribution in [-0.2, 0) is 6.54 Å². The van der Waals surface area contributed by atoms with Crippen molar-refractivity contribution >= 4 is 5.82 Å². The molecule has 1 aromatic heterocycles. The summed E-state index contributed by atoms with van der Waals surface area (Å²) in [6, 6.07) is 0. The summed E-state index contributed by atoms with van der Waals surface area (Å²) in [6.45, 7) is 7.92. The normalized spacial score (nSPS) is 25.9. The largest absolute Gasteiger partial charge is 0.372 e. The molecule has 2 heterocycles. The van der Waals surface area contributed by atoms with Gasteiger partial charge in [0.25, 0.3) is 0 Å². The second kappa shape index (κ2) is 4.78. The van der Waals surface area contributed by atoms with Crippen molar-refractivity contribution in [2.24, 2.45) is 11.8 Å². The Balaban J connectivity index is 1.94. The first-order chi connectivity index (χ1) is 7.69. The van der Waals surface area contributed by atoms with E-state index in [9.17, 15) is 0 Å². The summed E-state index contributed by atoms with van der Waals surface area (Å²) in [5.41, 5.74) is 1.06. The maximum Gasteiger partial charge on any atom is 0.144 e. The molecule has 0 amide bonds. The Morgan fingerprint density at radius 1 is 1.25 bits per heavy atom. The molecule has 16 heavy (non-hydrogen) atoms. The number of nitrogens with one attached hydrogen (secondary N) is 1. The molecule has 1 saturated heterocycles. The highest BCUT2D eigenvalue weighted by Gasteiger charge is 2.25. The summed E-state index contributed by atoms with van der Waals surface area (Å²) < 4.78 is 0. The molecular formula is C12H20N4. The Kier molecular flexibility index (Phi) is 3.39. The fourth-order valence-corrected chi connectivity index (χ4v) is 2.17. The van der Waals surface area contributed by atoms with E-state index in [1.54, 1.807) is 6.20 Å². The molecule has 2 atom stereocenters. The van der Waals surface area contributed by atoms with Crippen molar-refractivity contribution in [3.8, 4) is 0 Å². The maximum atomic E-state index is 4.40. The zero-order chi connectivity index (χ0) is 11.5. The Hall–Kier alpha value is -1.16. The minimum Gasteiger partial charge on any atom is -0.372 e. The fourth-order valence-electron chi connectivity index (χ4n) is 2.17. The highest BCUT2D eigenvalue weighted by molar-refractivity contribution is 5.29. The molecule has 0 bridgehead atoms. The van der Waals surface area contributed by atoms with Crippen molar-refractivity contribution in [3.05, 3.63) is 18.1 Å². The monoisotopic (exact) mass is 220 g/mol. The highest BCUT2D eigenvalue weighted by atomic mass is 15.2. The number of anilines is 1. The van der Waals surface area contributed by atoms with E-state index in [0.717, 1.165) is 29.9 Å². The van der Waals surface area contributed by atoms with E-state index in [4.69, 9.17) is 0 Å². The van der Waals surface area contributed by atoms with Crippen LogP contribution in [0.25, 0.3) is 0 Å². The molecule has 2 rings (SSSR count). The molecule has 1 fully saturated rings. The van der Waals surface area contributed by atoms with Gasteiger partial charge in [-0.1, -0.05) is 13.8 Å². The van der Waals surface area contributed by atoms with E-state index < -0.39 is 0 Å². The Labute approximate surface area is 97.1 Å². The second-order valence-electron chi connectivity index (χ2n) is 4.79. The molecule has 4 nitrogen and oxygen atoms in total. The molecule has 0 saturated carbocycles. The van der Waals surface area contributed by atoms with Crippen LogP contribution in [0.1, 0.15) is 19.5 Å². The third kappa shape index (κ3) is 2.50. The summed E-state index contributed by atoms with van der Waals surface area (Å²) in [7, 11) is 1.85. The summed E-state index contributed by atoms with van der Waals surface area (Å²) in [6.07, 6.45) is 3.65. The van der Waals surface area contributed by atoms with E-state index in [0.29, 0.717) is 0 Å². The SMILES string of the molecule is CNc1cnc(CN2CC(C)C(C)C2)cn1. The second-order valence-corrected chi connectivity index (χ2v) is 4.79. The molecule has 1 aliphatic heterocycles. The Morgan fingerprint density at radius 2 is 1.94 bits per heavy atom. The van der Waals surface area contributed by atoms with Crippen molar-refractivity contribution in [3.63, 3.8) is 0 Å². The Morgan fingerprint density at radius 3 is 2.44 bits per heavy atom.